The van der Waals surface area contributed by atoms with E-state index in [4.69, 9.17) is 4.74 Å². The number of thioether (sulfide) groups is 1. The van der Waals surface area contributed by atoms with Crippen LogP contribution in [0.1, 0.15) is 41.4 Å². The summed E-state index contributed by atoms with van der Waals surface area (Å²) in [6.45, 7) is 6.19. The van der Waals surface area contributed by atoms with Crippen LogP contribution in [0.25, 0.3) is 10.2 Å². The molecule has 7 heteroatoms. The van der Waals surface area contributed by atoms with Crippen LogP contribution in [-0.2, 0) is 4.74 Å². The summed E-state index contributed by atoms with van der Waals surface area (Å²) < 4.78 is 5.18. The Morgan fingerprint density at radius 1 is 1.46 bits per heavy atom. The van der Waals surface area contributed by atoms with Crippen molar-refractivity contribution in [3.63, 3.8) is 0 Å². The molecule has 0 bridgehead atoms. The highest BCUT2D eigenvalue weighted by Crippen LogP contribution is 2.36. The van der Waals surface area contributed by atoms with Crippen molar-refractivity contribution < 1.29 is 9.53 Å². The molecule has 1 fully saturated rings. The smallest absolute Gasteiger partial charge is 0.348 e. The second kappa shape index (κ2) is 7.70. The van der Waals surface area contributed by atoms with Gasteiger partial charge in [-0.1, -0.05) is 6.42 Å². The lowest BCUT2D eigenvalue weighted by Gasteiger charge is -2.25. The number of carbonyl (C=O) groups excluding carboxylic acids is 1. The highest BCUT2D eigenvalue weighted by Gasteiger charge is 2.25. The predicted octanol–water partition coefficient (Wildman–Crippen LogP) is 3.90. The Hall–Kier alpha value is -1.34. The lowest BCUT2D eigenvalue weighted by molar-refractivity contribution is 0.0531. The van der Waals surface area contributed by atoms with Crippen LogP contribution < -0.4 is 4.90 Å². The van der Waals surface area contributed by atoms with Crippen molar-refractivity contribution in [2.45, 2.75) is 38.4 Å². The Balaban J connectivity index is 2.03. The van der Waals surface area contributed by atoms with Crippen molar-refractivity contribution >= 4 is 45.1 Å². The minimum atomic E-state index is -0.262. The van der Waals surface area contributed by atoms with Crippen LogP contribution in [0.5, 0.6) is 0 Å². The molecule has 2 aromatic heterocycles. The fourth-order valence-electron chi connectivity index (χ4n) is 3.17. The molecule has 1 atom stereocenters. The predicted molar refractivity (Wildman–Crippen MR) is 101 cm³/mol. The Labute approximate surface area is 150 Å². The first-order valence-electron chi connectivity index (χ1n) is 8.34. The summed E-state index contributed by atoms with van der Waals surface area (Å²) in [5.41, 5.74) is 0.939. The molecular weight excluding hydrogens is 342 g/mol. The molecule has 0 radical (unpaired) electrons. The summed E-state index contributed by atoms with van der Waals surface area (Å²) in [5.74, 6) is 0.701. The number of aromatic nitrogens is 2. The van der Waals surface area contributed by atoms with Crippen molar-refractivity contribution in [3.8, 4) is 0 Å². The maximum absolute atomic E-state index is 12.2. The van der Waals surface area contributed by atoms with Crippen LogP contribution in [-0.4, -0.2) is 47.1 Å². The number of anilines is 1. The molecule has 0 N–H and O–H groups in total. The number of nitrogens with zero attached hydrogens (tertiary/aromatic N) is 3. The lowest BCUT2D eigenvalue weighted by atomic mass is 10.2. The van der Waals surface area contributed by atoms with Gasteiger partial charge in [-0.2, -0.15) is 11.8 Å². The number of hydrogen-bond donors (Lipinski definition) is 0. The van der Waals surface area contributed by atoms with E-state index in [-0.39, 0.29) is 5.97 Å². The van der Waals surface area contributed by atoms with Gasteiger partial charge in [-0.15, -0.1) is 11.3 Å². The molecule has 130 valence electrons. The molecule has 2 aromatic rings. The Kier molecular flexibility index (Phi) is 5.61. The van der Waals surface area contributed by atoms with E-state index < -0.39 is 0 Å². The van der Waals surface area contributed by atoms with Crippen LogP contribution >= 0.6 is 23.1 Å². The van der Waals surface area contributed by atoms with E-state index >= 15 is 0 Å². The van der Waals surface area contributed by atoms with Crippen LogP contribution in [0.15, 0.2) is 6.33 Å². The largest absolute Gasteiger partial charge is 0.462 e. The van der Waals surface area contributed by atoms with Gasteiger partial charge in [-0.25, -0.2) is 14.8 Å². The first-order valence-corrected chi connectivity index (χ1v) is 10.4. The molecule has 0 spiro atoms. The fourth-order valence-corrected chi connectivity index (χ4v) is 4.94. The van der Waals surface area contributed by atoms with Gasteiger partial charge < -0.3 is 9.64 Å². The first-order chi connectivity index (χ1) is 11.7. The van der Waals surface area contributed by atoms with E-state index in [1.807, 2.05) is 25.6 Å². The van der Waals surface area contributed by atoms with E-state index in [2.05, 4.69) is 21.1 Å². The average Bonchev–Trinajstić information content (AvgIpc) is 2.78. The van der Waals surface area contributed by atoms with Crippen LogP contribution in [0.4, 0.5) is 5.82 Å². The summed E-state index contributed by atoms with van der Waals surface area (Å²) in [5, 5.41) is 1.63. The van der Waals surface area contributed by atoms with Gasteiger partial charge in [-0.3, -0.25) is 0 Å². The van der Waals surface area contributed by atoms with Gasteiger partial charge in [0.25, 0.3) is 0 Å². The molecule has 5 nitrogen and oxygen atoms in total. The van der Waals surface area contributed by atoms with E-state index in [0.717, 1.165) is 34.7 Å². The molecule has 0 aliphatic carbocycles. The molecule has 0 amide bonds. The third-order valence-corrected chi connectivity index (χ3v) is 6.66. The molecule has 24 heavy (non-hydrogen) atoms. The maximum atomic E-state index is 12.2. The van der Waals surface area contributed by atoms with Crippen molar-refractivity contribution in [1.82, 2.24) is 9.97 Å². The molecule has 1 unspecified atom stereocenters. The van der Waals surface area contributed by atoms with Gasteiger partial charge in [0.15, 0.2) is 0 Å². The Morgan fingerprint density at radius 2 is 2.29 bits per heavy atom. The molecular formula is C17H23N3O2S2. The fraction of sp³-hybridized carbons (Fsp3) is 0.588. The molecule has 1 aliphatic heterocycles. The van der Waals surface area contributed by atoms with Crippen LogP contribution in [0.3, 0.4) is 0 Å². The van der Waals surface area contributed by atoms with Gasteiger partial charge >= 0.3 is 5.97 Å². The highest BCUT2D eigenvalue weighted by atomic mass is 32.2. The zero-order valence-electron chi connectivity index (χ0n) is 14.4. The van der Waals surface area contributed by atoms with Crippen LogP contribution in [0, 0.1) is 6.92 Å². The standard InChI is InChI=1S/C17H23N3O2S2/c1-4-22-17(21)14-11(2)13-15(18-10-19-16(13)24-14)20-8-6-5-7-12(9-20)23-3/h10,12H,4-9H2,1-3H3. The summed E-state index contributed by atoms with van der Waals surface area (Å²) in [7, 11) is 0. The van der Waals surface area contributed by atoms with Gasteiger partial charge in [0, 0.05) is 18.3 Å². The molecule has 0 aromatic carbocycles. The van der Waals surface area contributed by atoms with E-state index in [9.17, 15) is 4.79 Å². The normalized spacial score (nSPS) is 18.6. The van der Waals surface area contributed by atoms with Gasteiger partial charge in [0.05, 0.1) is 12.0 Å². The number of hydrogen-bond acceptors (Lipinski definition) is 7. The third-order valence-electron chi connectivity index (χ3n) is 4.43. The van der Waals surface area contributed by atoms with Gasteiger partial charge in [-0.05, 0) is 38.5 Å². The topological polar surface area (TPSA) is 55.3 Å². The number of thiophene rings is 1. The van der Waals surface area contributed by atoms with Crippen molar-refractivity contribution in [2.24, 2.45) is 0 Å². The van der Waals surface area contributed by atoms with Crippen molar-refractivity contribution in [2.75, 3.05) is 30.9 Å². The SMILES string of the molecule is CCOC(=O)c1sc2ncnc(N3CCCCC(SC)C3)c2c1C. The zero-order chi connectivity index (χ0) is 17.1. The number of fused-ring (bicyclic) bond motifs is 1. The third kappa shape index (κ3) is 3.37. The average molecular weight is 366 g/mol. The van der Waals surface area contributed by atoms with Crippen molar-refractivity contribution in [3.05, 3.63) is 16.8 Å². The molecule has 1 saturated heterocycles. The first kappa shape index (κ1) is 17.5. The summed E-state index contributed by atoms with van der Waals surface area (Å²) in [6.07, 6.45) is 7.48. The van der Waals surface area contributed by atoms with Crippen molar-refractivity contribution in [1.29, 1.82) is 0 Å². The molecule has 0 saturated carbocycles. The van der Waals surface area contributed by atoms with Gasteiger partial charge in [0.1, 0.15) is 21.9 Å². The lowest BCUT2D eigenvalue weighted by Crippen LogP contribution is -2.30. The van der Waals surface area contributed by atoms with E-state index in [1.54, 1.807) is 6.33 Å². The van der Waals surface area contributed by atoms with E-state index in [1.165, 1.54) is 30.6 Å². The number of ether oxygens (including phenoxy) is 1. The Morgan fingerprint density at radius 3 is 3.04 bits per heavy atom. The van der Waals surface area contributed by atoms with E-state index in [0.29, 0.717) is 16.7 Å². The number of carbonyl (C=O) groups is 1. The molecule has 3 rings (SSSR count). The summed E-state index contributed by atoms with van der Waals surface area (Å²) in [6, 6.07) is 0. The number of esters is 1. The number of rotatable bonds is 4. The van der Waals surface area contributed by atoms with Gasteiger partial charge in [0.2, 0.25) is 0 Å². The maximum Gasteiger partial charge on any atom is 0.348 e. The monoisotopic (exact) mass is 365 g/mol. The quantitative estimate of drug-likeness (QED) is 0.766. The minimum Gasteiger partial charge on any atom is -0.462 e. The molecule has 1 aliphatic rings. The molecule has 3 heterocycles. The summed E-state index contributed by atoms with van der Waals surface area (Å²) >= 11 is 3.33. The second-order valence-electron chi connectivity index (χ2n) is 5.95. The zero-order valence-corrected chi connectivity index (χ0v) is 16.0. The van der Waals surface area contributed by atoms with Crippen LogP contribution in [0.2, 0.25) is 0 Å². The Bertz CT molecular complexity index is 732. The highest BCUT2D eigenvalue weighted by molar-refractivity contribution is 7.99. The second-order valence-corrected chi connectivity index (χ2v) is 8.09. The number of aryl methyl sites for hydroxylation is 1. The minimum absolute atomic E-state index is 0.262. The summed E-state index contributed by atoms with van der Waals surface area (Å²) in [4.78, 5) is 25.0.